The Balaban J connectivity index is 1.85. The second-order valence-electron chi connectivity index (χ2n) is 5.77. The van der Waals surface area contributed by atoms with E-state index in [-0.39, 0.29) is 0 Å². The van der Waals surface area contributed by atoms with Gasteiger partial charge in [-0.25, -0.2) is 0 Å². The summed E-state index contributed by atoms with van der Waals surface area (Å²) < 4.78 is 0. The Bertz CT molecular complexity index is 358. The molecule has 0 saturated heterocycles. The van der Waals surface area contributed by atoms with Gasteiger partial charge in [-0.15, -0.1) is 0 Å². The highest BCUT2D eigenvalue weighted by Gasteiger charge is 2.23. The lowest BCUT2D eigenvalue weighted by Gasteiger charge is -2.32. The predicted octanol–water partition coefficient (Wildman–Crippen LogP) is 3.91. The van der Waals surface area contributed by atoms with Gasteiger partial charge in [0, 0.05) is 12.6 Å². The van der Waals surface area contributed by atoms with Crippen molar-refractivity contribution in [2.75, 3.05) is 0 Å². The smallest absolute Gasteiger partial charge is 0.0210 e. The quantitative estimate of drug-likeness (QED) is 0.831. The number of nitrogens with one attached hydrogen (secondary N) is 1. The SMILES string of the molecule is Cc1ccccc1CNC1CCC(C)C(C)C1. The first-order valence-electron chi connectivity index (χ1n) is 6.94. The third-order valence-electron chi connectivity index (χ3n) is 4.44. The van der Waals surface area contributed by atoms with Crippen molar-refractivity contribution < 1.29 is 0 Å². The van der Waals surface area contributed by atoms with Crippen LogP contribution in [0.5, 0.6) is 0 Å². The zero-order valence-corrected chi connectivity index (χ0v) is 11.4. The fraction of sp³-hybridized carbons (Fsp3) is 0.625. The van der Waals surface area contributed by atoms with E-state index < -0.39 is 0 Å². The van der Waals surface area contributed by atoms with Gasteiger partial charge in [0.05, 0.1) is 0 Å². The summed E-state index contributed by atoms with van der Waals surface area (Å²) in [5.74, 6) is 1.78. The molecule has 1 aliphatic carbocycles. The van der Waals surface area contributed by atoms with Gasteiger partial charge in [-0.2, -0.15) is 0 Å². The van der Waals surface area contributed by atoms with Crippen LogP contribution >= 0.6 is 0 Å². The normalized spacial score (nSPS) is 29.2. The summed E-state index contributed by atoms with van der Waals surface area (Å²) in [6.07, 6.45) is 4.07. The molecule has 0 radical (unpaired) electrons. The van der Waals surface area contributed by atoms with Crippen LogP contribution < -0.4 is 5.32 Å². The molecule has 3 unspecified atom stereocenters. The molecule has 0 amide bonds. The van der Waals surface area contributed by atoms with Crippen molar-refractivity contribution in [1.29, 1.82) is 0 Å². The largest absolute Gasteiger partial charge is 0.310 e. The van der Waals surface area contributed by atoms with E-state index >= 15 is 0 Å². The lowest BCUT2D eigenvalue weighted by molar-refractivity contribution is 0.225. The van der Waals surface area contributed by atoms with Crippen LogP contribution in [0.3, 0.4) is 0 Å². The maximum atomic E-state index is 3.73. The van der Waals surface area contributed by atoms with E-state index in [0.717, 1.165) is 24.4 Å². The molecular weight excluding hydrogens is 206 g/mol. The highest BCUT2D eigenvalue weighted by atomic mass is 14.9. The Kier molecular flexibility index (Phi) is 4.22. The minimum atomic E-state index is 0.723. The highest BCUT2D eigenvalue weighted by molar-refractivity contribution is 5.25. The number of hydrogen-bond acceptors (Lipinski definition) is 1. The summed E-state index contributed by atoms with van der Waals surface area (Å²) in [4.78, 5) is 0. The van der Waals surface area contributed by atoms with Crippen LogP contribution in [0.2, 0.25) is 0 Å². The number of benzene rings is 1. The molecule has 1 fully saturated rings. The molecule has 17 heavy (non-hydrogen) atoms. The van der Waals surface area contributed by atoms with E-state index in [0.29, 0.717) is 0 Å². The summed E-state index contributed by atoms with van der Waals surface area (Å²) in [7, 11) is 0. The van der Waals surface area contributed by atoms with Crippen molar-refractivity contribution in [3.8, 4) is 0 Å². The van der Waals surface area contributed by atoms with E-state index in [1.807, 2.05) is 0 Å². The van der Waals surface area contributed by atoms with Crippen molar-refractivity contribution in [2.45, 2.75) is 52.6 Å². The van der Waals surface area contributed by atoms with Crippen LogP contribution in [0.25, 0.3) is 0 Å². The van der Waals surface area contributed by atoms with Crippen molar-refractivity contribution in [1.82, 2.24) is 5.32 Å². The maximum Gasteiger partial charge on any atom is 0.0210 e. The third kappa shape index (κ3) is 3.32. The van der Waals surface area contributed by atoms with Gasteiger partial charge in [0.1, 0.15) is 0 Å². The van der Waals surface area contributed by atoms with Gasteiger partial charge in [-0.05, 0) is 49.1 Å². The van der Waals surface area contributed by atoms with Gasteiger partial charge in [-0.3, -0.25) is 0 Å². The molecule has 1 aromatic rings. The zero-order chi connectivity index (χ0) is 12.3. The van der Waals surface area contributed by atoms with Gasteiger partial charge in [-0.1, -0.05) is 38.1 Å². The minimum absolute atomic E-state index is 0.723. The molecule has 0 bridgehead atoms. The van der Waals surface area contributed by atoms with E-state index in [1.54, 1.807) is 0 Å². The molecule has 3 atom stereocenters. The van der Waals surface area contributed by atoms with Gasteiger partial charge in [0.2, 0.25) is 0 Å². The first-order chi connectivity index (χ1) is 8.16. The molecule has 0 aliphatic heterocycles. The van der Waals surface area contributed by atoms with Gasteiger partial charge in [0.15, 0.2) is 0 Å². The van der Waals surface area contributed by atoms with E-state index in [2.05, 4.69) is 50.4 Å². The molecule has 1 heteroatoms. The van der Waals surface area contributed by atoms with Crippen LogP contribution in [-0.4, -0.2) is 6.04 Å². The predicted molar refractivity (Wildman–Crippen MR) is 74.0 cm³/mol. The molecule has 0 heterocycles. The molecule has 1 N–H and O–H groups in total. The number of rotatable bonds is 3. The lowest BCUT2D eigenvalue weighted by atomic mass is 9.79. The maximum absolute atomic E-state index is 3.73. The average Bonchev–Trinajstić information content (AvgIpc) is 2.32. The van der Waals surface area contributed by atoms with Gasteiger partial charge in [0.25, 0.3) is 0 Å². The molecule has 1 aromatic carbocycles. The summed E-state index contributed by atoms with van der Waals surface area (Å²) in [5.41, 5.74) is 2.84. The zero-order valence-electron chi connectivity index (χ0n) is 11.4. The first-order valence-corrected chi connectivity index (χ1v) is 6.94. The standard InChI is InChI=1S/C16H25N/c1-12-8-9-16(10-14(12)3)17-11-15-7-5-4-6-13(15)2/h4-7,12,14,16-17H,8-11H2,1-3H3. The van der Waals surface area contributed by atoms with Crippen molar-refractivity contribution >= 4 is 0 Å². The number of aryl methyl sites for hydroxylation is 1. The Morgan fingerprint density at radius 3 is 2.59 bits per heavy atom. The molecule has 2 rings (SSSR count). The van der Waals surface area contributed by atoms with Crippen LogP contribution in [0.1, 0.15) is 44.2 Å². The third-order valence-corrected chi connectivity index (χ3v) is 4.44. The first kappa shape index (κ1) is 12.6. The van der Waals surface area contributed by atoms with E-state index in [4.69, 9.17) is 0 Å². The Hall–Kier alpha value is -0.820. The molecule has 1 saturated carbocycles. The van der Waals surface area contributed by atoms with Crippen LogP contribution in [-0.2, 0) is 6.54 Å². The van der Waals surface area contributed by atoms with Crippen LogP contribution in [0.15, 0.2) is 24.3 Å². The van der Waals surface area contributed by atoms with Crippen molar-refractivity contribution in [2.24, 2.45) is 11.8 Å². The molecule has 94 valence electrons. The highest BCUT2D eigenvalue weighted by Crippen LogP contribution is 2.29. The summed E-state index contributed by atoms with van der Waals surface area (Å²) >= 11 is 0. The topological polar surface area (TPSA) is 12.0 Å². The van der Waals surface area contributed by atoms with E-state index in [1.165, 1.54) is 30.4 Å². The molecular formula is C16H25N. The fourth-order valence-corrected chi connectivity index (χ4v) is 2.80. The van der Waals surface area contributed by atoms with E-state index in [9.17, 15) is 0 Å². The Morgan fingerprint density at radius 2 is 1.88 bits per heavy atom. The lowest BCUT2D eigenvalue weighted by Crippen LogP contribution is -2.35. The number of hydrogen-bond donors (Lipinski definition) is 1. The molecule has 0 aromatic heterocycles. The van der Waals surface area contributed by atoms with Crippen molar-refractivity contribution in [3.63, 3.8) is 0 Å². The average molecular weight is 231 g/mol. The summed E-state index contributed by atoms with van der Waals surface area (Å²) in [5, 5.41) is 3.73. The molecule has 0 spiro atoms. The molecule has 1 aliphatic rings. The van der Waals surface area contributed by atoms with Crippen LogP contribution in [0, 0.1) is 18.8 Å². The minimum Gasteiger partial charge on any atom is -0.310 e. The summed E-state index contributed by atoms with van der Waals surface area (Å²) in [6.45, 7) is 8.01. The van der Waals surface area contributed by atoms with Gasteiger partial charge >= 0.3 is 0 Å². The summed E-state index contributed by atoms with van der Waals surface area (Å²) in [6, 6.07) is 9.40. The Labute approximate surface area is 106 Å². The van der Waals surface area contributed by atoms with Crippen LogP contribution in [0.4, 0.5) is 0 Å². The second-order valence-corrected chi connectivity index (χ2v) is 5.77. The van der Waals surface area contributed by atoms with Gasteiger partial charge < -0.3 is 5.32 Å². The fourth-order valence-electron chi connectivity index (χ4n) is 2.80. The Morgan fingerprint density at radius 1 is 1.12 bits per heavy atom. The van der Waals surface area contributed by atoms with Crippen molar-refractivity contribution in [3.05, 3.63) is 35.4 Å². The monoisotopic (exact) mass is 231 g/mol. The molecule has 1 nitrogen and oxygen atoms in total. The second kappa shape index (κ2) is 5.68.